The summed E-state index contributed by atoms with van der Waals surface area (Å²) in [7, 11) is 0. The fraction of sp³-hybridized carbons (Fsp3) is 0.444. The molecule has 2 aromatic rings. The molecule has 3 heterocycles. The van der Waals surface area contributed by atoms with Gasteiger partial charge < -0.3 is 9.80 Å². The van der Waals surface area contributed by atoms with Gasteiger partial charge in [0, 0.05) is 44.4 Å². The highest BCUT2D eigenvalue weighted by molar-refractivity contribution is 7.98. The zero-order valence-corrected chi connectivity index (χ0v) is 15.0. The number of thioether (sulfide) groups is 1. The summed E-state index contributed by atoms with van der Waals surface area (Å²) in [5.41, 5.74) is 1.80. The van der Waals surface area contributed by atoms with E-state index in [1.165, 1.54) is 18.5 Å². The van der Waals surface area contributed by atoms with E-state index in [-0.39, 0.29) is 0 Å². The molecule has 2 aliphatic rings. The van der Waals surface area contributed by atoms with Crippen molar-refractivity contribution >= 4 is 23.4 Å². The minimum absolute atomic E-state index is 0.598. The van der Waals surface area contributed by atoms with Crippen LogP contribution in [0.25, 0.3) is 0 Å². The summed E-state index contributed by atoms with van der Waals surface area (Å²) in [5, 5.41) is 9.75. The second-order valence-electron chi connectivity index (χ2n) is 6.40. The van der Waals surface area contributed by atoms with Crippen LogP contribution in [0.1, 0.15) is 30.0 Å². The molecule has 0 atom stereocenters. The summed E-state index contributed by atoms with van der Waals surface area (Å²) < 4.78 is 0. The zero-order valence-electron chi connectivity index (χ0n) is 14.2. The van der Waals surface area contributed by atoms with E-state index in [4.69, 9.17) is 10.2 Å². The van der Waals surface area contributed by atoms with Crippen molar-refractivity contribution in [2.24, 2.45) is 0 Å². The van der Waals surface area contributed by atoms with Gasteiger partial charge in [-0.1, -0.05) is 11.8 Å². The van der Waals surface area contributed by atoms with Gasteiger partial charge >= 0.3 is 0 Å². The highest BCUT2D eigenvalue weighted by Crippen LogP contribution is 2.40. The first-order chi connectivity index (χ1) is 12.3. The Bertz CT molecular complexity index is 788. The standard InChI is InChI=1S/C18H20N6S/c1-25-18-21-15(14-3-4-14)10-17(22-18)24-8-6-23(7-9-24)16-5-2-13(11-19)12-20-16/h2,5,10,12,14H,3-4,6-9H2,1H3. The highest BCUT2D eigenvalue weighted by atomic mass is 32.2. The number of aromatic nitrogens is 3. The number of nitriles is 1. The van der Waals surface area contributed by atoms with Crippen LogP contribution in [0.4, 0.5) is 11.6 Å². The Morgan fingerprint density at radius 2 is 1.80 bits per heavy atom. The fourth-order valence-corrected chi connectivity index (χ4v) is 3.46. The third-order valence-corrected chi connectivity index (χ3v) is 5.24. The van der Waals surface area contributed by atoms with E-state index < -0.39 is 0 Å². The molecule has 0 amide bonds. The Kier molecular flexibility index (Phi) is 4.45. The Morgan fingerprint density at radius 3 is 2.36 bits per heavy atom. The summed E-state index contributed by atoms with van der Waals surface area (Å²) in [6, 6.07) is 8.04. The molecule has 6 nitrogen and oxygen atoms in total. The van der Waals surface area contributed by atoms with E-state index in [2.05, 4.69) is 31.9 Å². The summed E-state index contributed by atoms with van der Waals surface area (Å²) in [6.07, 6.45) is 6.17. The predicted molar refractivity (Wildman–Crippen MR) is 99.2 cm³/mol. The van der Waals surface area contributed by atoms with Crippen LogP contribution >= 0.6 is 11.8 Å². The lowest BCUT2D eigenvalue weighted by atomic mass is 10.2. The Labute approximate surface area is 151 Å². The second-order valence-corrected chi connectivity index (χ2v) is 7.18. The number of nitrogens with zero attached hydrogens (tertiary/aromatic N) is 6. The molecule has 25 heavy (non-hydrogen) atoms. The van der Waals surface area contributed by atoms with Crippen molar-refractivity contribution in [2.45, 2.75) is 23.9 Å². The quantitative estimate of drug-likeness (QED) is 0.619. The maximum Gasteiger partial charge on any atom is 0.189 e. The van der Waals surface area contributed by atoms with Gasteiger partial charge in [0.1, 0.15) is 17.7 Å². The third-order valence-electron chi connectivity index (χ3n) is 4.69. The minimum Gasteiger partial charge on any atom is -0.353 e. The van der Waals surface area contributed by atoms with Gasteiger partial charge in [0.2, 0.25) is 0 Å². The van der Waals surface area contributed by atoms with Crippen LogP contribution < -0.4 is 9.80 Å². The monoisotopic (exact) mass is 352 g/mol. The van der Waals surface area contributed by atoms with E-state index >= 15 is 0 Å². The summed E-state index contributed by atoms with van der Waals surface area (Å²) in [6.45, 7) is 3.62. The van der Waals surface area contributed by atoms with Crippen molar-refractivity contribution in [3.05, 3.63) is 35.7 Å². The Hall–Kier alpha value is -2.33. The first-order valence-corrected chi connectivity index (χ1v) is 9.78. The average Bonchev–Trinajstić information content (AvgIpc) is 3.53. The van der Waals surface area contributed by atoms with E-state index in [1.807, 2.05) is 18.4 Å². The van der Waals surface area contributed by atoms with E-state index in [0.717, 1.165) is 43.0 Å². The molecule has 0 bridgehead atoms. The first-order valence-electron chi connectivity index (χ1n) is 8.56. The van der Waals surface area contributed by atoms with Gasteiger partial charge in [-0.25, -0.2) is 15.0 Å². The van der Waals surface area contributed by atoms with Gasteiger partial charge in [0.25, 0.3) is 0 Å². The van der Waals surface area contributed by atoms with Crippen molar-refractivity contribution in [1.29, 1.82) is 5.26 Å². The van der Waals surface area contributed by atoms with Gasteiger partial charge in [0.05, 0.1) is 11.3 Å². The summed E-state index contributed by atoms with van der Waals surface area (Å²) in [4.78, 5) is 18.4. The molecule has 7 heteroatoms. The van der Waals surface area contributed by atoms with Crippen LogP contribution in [0.5, 0.6) is 0 Å². The van der Waals surface area contributed by atoms with Crippen LogP contribution in [0.3, 0.4) is 0 Å². The minimum atomic E-state index is 0.598. The lowest BCUT2D eigenvalue weighted by Crippen LogP contribution is -2.47. The third kappa shape index (κ3) is 3.54. The molecular weight excluding hydrogens is 332 g/mol. The molecule has 4 rings (SSSR count). The molecule has 2 aromatic heterocycles. The number of anilines is 2. The average molecular weight is 352 g/mol. The molecule has 0 radical (unpaired) electrons. The topological polar surface area (TPSA) is 68.9 Å². The number of rotatable bonds is 4. The Morgan fingerprint density at radius 1 is 1.08 bits per heavy atom. The molecule has 0 aromatic carbocycles. The molecule has 1 aliphatic carbocycles. The van der Waals surface area contributed by atoms with Crippen LogP contribution in [-0.2, 0) is 0 Å². The van der Waals surface area contributed by atoms with Gasteiger partial charge in [-0.05, 0) is 31.2 Å². The first kappa shape index (κ1) is 16.2. The van der Waals surface area contributed by atoms with Crippen LogP contribution in [0, 0.1) is 11.3 Å². The van der Waals surface area contributed by atoms with Gasteiger partial charge in [-0.2, -0.15) is 5.26 Å². The second kappa shape index (κ2) is 6.89. The van der Waals surface area contributed by atoms with Gasteiger partial charge in [0.15, 0.2) is 5.16 Å². The van der Waals surface area contributed by atoms with Crippen LogP contribution in [-0.4, -0.2) is 47.4 Å². The maximum atomic E-state index is 8.88. The zero-order chi connectivity index (χ0) is 17.2. The smallest absolute Gasteiger partial charge is 0.189 e. The largest absolute Gasteiger partial charge is 0.353 e. The van der Waals surface area contributed by atoms with Crippen molar-refractivity contribution in [3.63, 3.8) is 0 Å². The molecule has 128 valence electrons. The molecule has 1 saturated heterocycles. The number of piperazine rings is 1. The summed E-state index contributed by atoms with van der Waals surface area (Å²) in [5.74, 6) is 2.62. The van der Waals surface area contributed by atoms with Crippen molar-refractivity contribution in [3.8, 4) is 6.07 Å². The van der Waals surface area contributed by atoms with Crippen molar-refractivity contribution in [2.75, 3.05) is 42.2 Å². The molecule has 0 N–H and O–H groups in total. The van der Waals surface area contributed by atoms with Crippen LogP contribution in [0.15, 0.2) is 29.6 Å². The van der Waals surface area contributed by atoms with E-state index in [9.17, 15) is 0 Å². The van der Waals surface area contributed by atoms with Gasteiger partial charge in [-0.15, -0.1) is 0 Å². The highest BCUT2D eigenvalue weighted by Gasteiger charge is 2.27. The SMILES string of the molecule is CSc1nc(C2CC2)cc(N2CCN(c3ccc(C#N)cn3)CC2)n1. The van der Waals surface area contributed by atoms with E-state index in [1.54, 1.807) is 18.0 Å². The normalized spacial score (nSPS) is 17.4. The lowest BCUT2D eigenvalue weighted by Gasteiger charge is -2.36. The molecule has 0 unspecified atom stereocenters. The van der Waals surface area contributed by atoms with Crippen molar-refractivity contribution < 1.29 is 0 Å². The number of pyridine rings is 1. The van der Waals surface area contributed by atoms with Crippen LogP contribution in [0.2, 0.25) is 0 Å². The fourth-order valence-electron chi connectivity index (χ4n) is 3.08. The molecule has 2 fully saturated rings. The molecule has 1 aliphatic heterocycles. The Balaban J connectivity index is 1.46. The number of hydrogen-bond acceptors (Lipinski definition) is 7. The predicted octanol–water partition coefficient (Wildman–Crippen LogP) is 2.67. The van der Waals surface area contributed by atoms with Gasteiger partial charge in [-0.3, -0.25) is 0 Å². The number of hydrogen-bond donors (Lipinski definition) is 0. The molecule has 1 saturated carbocycles. The van der Waals surface area contributed by atoms with E-state index in [0.29, 0.717) is 11.5 Å². The molecule has 0 spiro atoms. The maximum absolute atomic E-state index is 8.88. The lowest BCUT2D eigenvalue weighted by molar-refractivity contribution is 0.636. The van der Waals surface area contributed by atoms with Crippen molar-refractivity contribution in [1.82, 2.24) is 15.0 Å². The summed E-state index contributed by atoms with van der Waals surface area (Å²) >= 11 is 1.61. The molecular formula is C18H20N6S.